The molecule has 1 amide bonds. The number of sulfonamides is 1. The van der Waals surface area contributed by atoms with Crippen molar-refractivity contribution < 1.29 is 13.2 Å². The molecule has 0 unspecified atom stereocenters. The van der Waals surface area contributed by atoms with E-state index in [2.05, 4.69) is 5.32 Å². The third kappa shape index (κ3) is 5.13. The number of hydrogen-bond donors (Lipinski definition) is 1. The van der Waals surface area contributed by atoms with E-state index >= 15 is 0 Å². The highest BCUT2D eigenvalue weighted by atomic mass is 35.5. The van der Waals surface area contributed by atoms with E-state index in [1.165, 1.54) is 12.1 Å². The Morgan fingerprint density at radius 1 is 1.15 bits per heavy atom. The number of carbonyl (C=O) groups is 1. The summed E-state index contributed by atoms with van der Waals surface area (Å²) in [5.41, 5.74) is 1.78. The Kier molecular flexibility index (Phi) is 6.55. The summed E-state index contributed by atoms with van der Waals surface area (Å²) in [6.45, 7) is 3.62. The van der Waals surface area contributed by atoms with Crippen molar-refractivity contribution in [1.29, 1.82) is 0 Å². The summed E-state index contributed by atoms with van der Waals surface area (Å²) < 4.78 is 25.3. The van der Waals surface area contributed by atoms with E-state index in [0.29, 0.717) is 10.7 Å². The first kappa shape index (κ1) is 20.6. The molecule has 2 rings (SSSR count). The van der Waals surface area contributed by atoms with Crippen LogP contribution in [0.3, 0.4) is 0 Å². The molecule has 8 heteroatoms. The number of nitrogens with one attached hydrogen (secondary N) is 1. The van der Waals surface area contributed by atoms with E-state index in [1.54, 1.807) is 12.1 Å². The lowest BCUT2D eigenvalue weighted by atomic mass is 10.0. The first-order chi connectivity index (χ1) is 12.1. The molecular formula is C18H20Cl2N2O3S. The second-order valence-corrected chi connectivity index (χ2v) is 8.91. The normalized spacial score (nSPS) is 11.5. The summed E-state index contributed by atoms with van der Waals surface area (Å²) in [4.78, 5) is 12.5. The van der Waals surface area contributed by atoms with E-state index in [-0.39, 0.29) is 16.6 Å². The third-order valence-corrected chi connectivity index (χ3v) is 5.40. The predicted octanol–water partition coefficient (Wildman–Crippen LogP) is 4.52. The molecule has 0 saturated heterocycles. The average Bonchev–Trinajstić information content (AvgIpc) is 2.54. The number of carbonyl (C=O) groups excluding carboxylic acids is 1. The zero-order chi connectivity index (χ0) is 19.5. The monoisotopic (exact) mass is 414 g/mol. The van der Waals surface area contributed by atoms with Gasteiger partial charge in [-0.1, -0.05) is 55.2 Å². The number of nitrogens with zero attached hydrogens (tertiary/aromatic N) is 1. The summed E-state index contributed by atoms with van der Waals surface area (Å²) in [5.74, 6) is -0.264. The van der Waals surface area contributed by atoms with Crippen molar-refractivity contribution in [3.8, 4) is 0 Å². The van der Waals surface area contributed by atoms with Crippen LogP contribution in [0.2, 0.25) is 10.0 Å². The van der Waals surface area contributed by atoms with Crippen molar-refractivity contribution in [2.45, 2.75) is 19.8 Å². The molecule has 0 aliphatic rings. The molecule has 0 atom stereocenters. The minimum absolute atomic E-state index is 0.161. The summed E-state index contributed by atoms with van der Waals surface area (Å²) in [6.07, 6.45) is 1.01. The molecule has 0 aliphatic heterocycles. The lowest BCUT2D eigenvalue weighted by Gasteiger charge is -2.23. The van der Waals surface area contributed by atoms with E-state index in [0.717, 1.165) is 16.1 Å². The number of rotatable bonds is 6. The first-order valence-corrected chi connectivity index (χ1v) is 10.5. The molecule has 0 bridgehead atoms. The maximum Gasteiger partial charge on any atom is 0.245 e. The van der Waals surface area contributed by atoms with Gasteiger partial charge in [-0.25, -0.2) is 8.42 Å². The molecule has 0 spiro atoms. The third-order valence-electron chi connectivity index (χ3n) is 3.72. The van der Waals surface area contributed by atoms with Crippen LogP contribution in [0.15, 0.2) is 42.5 Å². The Labute approximate surface area is 164 Å². The fraction of sp³-hybridized carbons (Fsp3) is 0.278. The van der Waals surface area contributed by atoms with Crippen LogP contribution in [-0.4, -0.2) is 27.1 Å². The zero-order valence-corrected chi connectivity index (χ0v) is 17.0. The maximum absolute atomic E-state index is 12.5. The number of halogens is 2. The van der Waals surface area contributed by atoms with Crippen LogP contribution in [0.4, 0.5) is 11.4 Å². The minimum Gasteiger partial charge on any atom is -0.324 e. The van der Waals surface area contributed by atoms with E-state index in [9.17, 15) is 13.2 Å². The Hall–Kier alpha value is -1.76. The van der Waals surface area contributed by atoms with Crippen LogP contribution >= 0.6 is 23.2 Å². The van der Waals surface area contributed by atoms with Gasteiger partial charge in [0.25, 0.3) is 0 Å². The topological polar surface area (TPSA) is 66.5 Å². The maximum atomic E-state index is 12.5. The van der Waals surface area contributed by atoms with Crippen LogP contribution < -0.4 is 9.62 Å². The SMILES string of the molecule is CC(C)c1ccccc1NC(=O)CN(c1cc(Cl)ccc1Cl)S(C)(=O)=O. The quantitative estimate of drug-likeness (QED) is 0.754. The average molecular weight is 415 g/mol. The fourth-order valence-electron chi connectivity index (χ4n) is 2.49. The number of para-hydroxylation sites is 1. The molecule has 1 N–H and O–H groups in total. The minimum atomic E-state index is -3.74. The molecule has 26 heavy (non-hydrogen) atoms. The molecular weight excluding hydrogens is 395 g/mol. The smallest absolute Gasteiger partial charge is 0.245 e. The van der Waals surface area contributed by atoms with Crippen molar-refractivity contribution >= 4 is 50.5 Å². The number of hydrogen-bond acceptors (Lipinski definition) is 3. The molecule has 0 heterocycles. The Morgan fingerprint density at radius 3 is 2.42 bits per heavy atom. The van der Waals surface area contributed by atoms with Crippen molar-refractivity contribution in [2.75, 3.05) is 22.4 Å². The van der Waals surface area contributed by atoms with Crippen LogP contribution in [0.1, 0.15) is 25.3 Å². The largest absolute Gasteiger partial charge is 0.324 e. The number of anilines is 2. The van der Waals surface area contributed by atoms with Crippen LogP contribution in [0.5, 0.6) is 0 Å². The fourth-order valence-corrected chi connectivity index (χ4v) is 3.79. The second-order valence-electron chi connectivity index (χ2n) is 6.16. The highest BCUT2D eigenvalue weighted by Gasteiger charge is 2.24. The summed E-state index contributed by atoms with van der Waals surface area (Å²) in [5, 5.41) is 3.29. The second kappa shape index (κ2) is 8.29. The molecule has 0 fully saturated rings. The van der Waals surface area contributed by atoms with Crippen molar-refractivity contribution in [3.63, 3.8) is 0 Å². The van der Waals surface area contributed by atoms with Gasteiger partial charge in [0.05, 0.1) is 17.0 Å². The number of amides is 1. The van der Waals surface area contributed by atoms with Gasteiger partial charge in [0.1, 0.15) is 6.54 Å². The van der Waals surface area contributed by atoms with E-state index < -0.39 is 22.5 Å². The van der Waals surface area contributed by atoms with Crippen LogP contribution in [0, 0.1) is 0 Å². The molecule has 0 radical (unpaired) electrons. The summed E-state index contributed by atoms with van der Waals surface area (Å²) in [6, 6.07) is 11.9. The van der Waals surface area contributed by atoms with E-state index in [4.69, 9.17) is 23.2 Å². The lowest BCUT2D eigenvalue weighted by Crippen LogP contribution is -2.37. The van der Waals surface area contributed by atoms with Crippen LogP contribution in [0.25, 0.3) is 0 Å². The summed E-state index contributed by atoms with van der Waals surface area (Å²) in [7, 11) is -3.74. The molecule has 2 aromatic rings. The highest BCUT2D eigenvalue weighted by molar-refractivity contribution is 7.92. The van der Waals surface area contributed by atoms with Gasteiger partial charge in [-0.2, -0.15) is 0 Å². The Morgan fingerprint density at radius 2 is 1.81 bits per heavy atom. The molecule has 0 saturated carbocycles. The molecule has 0 aromatic heterocycles. The Balaban J connectivity index is 2.30. The molecule has 140 valence electrons. The van der Waals surface area contributed by atoms with Gasteiger partial charge in [-0.3, -0.25) is 9.10 Å². The van der Waals surface area contributed by atoms with Crippen molar-refractivity contribution in [3.05, 3.63) is 58.1 Å². The van der Waals surface area contributed by atoms with Gasteiger partial charge in [0.15, 0.2) is 0 Å². The molecule has 5 nitrogen and oxygen atoms in total. The van der Waals surface area contributed by atoms with Crippen molar-refractivity contribution in [2.24, 2.45) is 0 Å². The van der Waals surface area contributed by atoms with Gasteiger partial charge >= 0.3 is 0 Å². The zero-order valence-electron chi connectivity index (χ0n) is 14.7. The molecule has 2 aromatic carbocycles. The highest BCUT2D eigenvalue weighted by Crippen LogP contribution is 2.31. The first-order valence-electron chi connectivity index (χ1n) is 7.91. The van der Waals surface area contributed by atoms with Gasteiger partial charge in [-0.15, -0.1) is 0 Å². The predicted molar refractivity (Wildman–Crippen MR) is 108 cm³/mol. The Bertz CT molecular complexity index is 914. The van der Waals surface area contributed by atoms with E-state index in [1.807, 2.05) is 32.0 Å². The summed E-state index contributed by atoms with van der Waals surface area (Å²) >= 11 is 12.1. The lowest BCUT2D eigenvalue weighted by molar-refractivity contribution is -0.114. The molecule has 0 aliphatic carbocycles. The number of benzene rings is 2. The van der Waals surface area contributed by atoms with Gasteiger partial charge < -0.3 is 5.32 Å². The van der Waals surface area contributed by atoms with Crippen LogP contribution in [-0.2, 0) is 14.8 Å². The standard InChI is InChI=1S/C18H20Cl2N2O3S/c1-12(2)14-6-4-5-7-16(14)21-18(23)11-22(26(3,24)25)17-10-13(19)8-9-15(17)20/h4-10,12H,11H2,1-3H3,(H,21,23). The van der Waals surface area contributed by atoms with Gasteiger partial charge in [0.2, 0.25) is 15.9 Å². The van der Waals surface area contributed by atoms with Crippen molar-refractivity contribution in [1.82, 2.24) is 0 Å². The van der Waals surface area contributed by atoms with Gasteiger partial charge in [-0.05, 0) is 35.7 Å². The van der Waals surface area contributed by atoms with Gasteiger partial charge in [0, 0.05) is 10.7 Å².